The standard InChI is InChI=1S/C19H31N/c1-4-6-12-19(5-2,15-20-18-10-11-18)14-17-9-7-8-16(3)13-17/h7-9,13,18,20H,4-6,10-12,14-15H2,1-3H3. The van der Waals surface area contributed by atoms with E-state index in [1.54, 1.807) is 0 Å². The number of aryl methyl sites for hydroxylation is 1. The van der Waals surface area contributed by atoms with Crippen molar-refractivity contribution in [2.45, 2.75) is 71.8 Å². The average molecular weight is 273 g/mol. The minimum atomic E-state index is 0.451. The van der Waals surface area contributed by atoms with Crippen molar-refractivity contribution in [1.82, 2.24) is 5.32 Å². The average Bonchev–Trinajstić information content (AvgIpc) is 3.26. The van der Waals surface area contributed by atoms with Gasteiger partial charge in [-0.1, -0.05) is 56.5 Å². The van der Waals surface area contributed by atoms with Gasteiger partial charge in [0.2, 0.25) is 0 Å². The minimum Gasteiger partial charge on any atom is -0.313 e. The Bertz CT molecular complexity index is 408. The van der Waals surface area contributed by atoms with Crippen LogP contribution in [0.5, 0.6) is 0 Å². The van der Waals surface area contributed by atoms with Crippen molar-refractivity contribution < 1.29 is 0 Å². The molecule has 0 radical (unpaired) electrons. The Labute approximate surface area is 125 Å². The summed E-state index contributed by atoms with van der Waals surface area (Å²) in [4.78, 5) is 0. The fourth-order valence-electron chi connectivity index (χ4n) is 3.12. The summed E-state index contributed by atoms with van der Waals surface area (Å²) >= 11 is 0. The van der Waals surface area contributed by atoms with Gasteiger partial charge in [-0.2, -0.15) is 0 Å². The van der Waals surface area contributed by atoms with Crippen molar-refractivity contribution in [3.05, 3.63) is 35.4 Å². The summed E-state index contributed by atoms with van der Waals surface area (Å²) < 4.78 is 0. The quantitative estimate of drug-likeness (QED) is 0.676. The Kier molecular flexibility index (Phi) is 5.65. The van der Waals surface area contributed by atoms with Crippen LogP contribution in [-0.2, 0) is 6.42 Å². The zero-order chi connectivity index (χ0) is 14.4. The molecule has 0 saturated heterocycles. The first kappa shape index (κ1) is 15.6. The lowest BCUT2D eigenvalue weighted by Crippen LogP contribution is -2.37. The molecule has 0 aromatic heterocycles. The van der Waals surface area contributed by atoms with E-state index in [9.17, 15) is 0 Å². The van der Waals surface area contributed by atoms with E-state index in [0.29, 0.717) is 5.41 Å². The van der Waals surface area contributed by atoms with Gasteiger partial charge in [-0.25, -0.2) is 0 Å². The van der Waals surface area contributed by atoms with Gasteiger partial charge in [-0.05, 0) is 50.0 Å². The molecular formula is C19H31N. The van der Waals surface area contributed by atoms with Gasteiger partial charge in [0.25, 0.3) is 0 Å². The summed E-state index contributed by atoms with van der Waals surface area (Å²) in [7, 11) is 0. The Morgan fingerprint density at radius 2 is 2.05 bits per heavy atom. The highest BCUT2D eigenvalue weighted by atomic mass is 15.0. The van der Waals surface area contributed by atoms with Crippen molar-refractivity contribution in [3.8, 4) is 0 Å². The maximum Gasteiger partial charge on any atom is 0.00684 e. The SMILES string of the molecule is CCCCC(CC)(CNC1CC1)Cc1cccc(C)c1. The molecule has 2 rings (SSSR count). The first-order valence-corrected chi connectivity index (χ1v) is 8.46. The van der Waals surface area contributed by atoms with Gasteiger partial charge in [0, 0.05) is 12.6 Å². The molecule has 1 aliphatic rings. The van der Waals surface area contributed by atoms with Gasteiger partial charge < -0.3 is 5.32 Å². The topological polar surface area (TPSA) is 12.0 Å². The highest BCUT2D eigenvalue weighted by Gasteiger charge is 2.31. The number of rotatable bonds is 9. The first-order valence-electron chi connectivity index (χ1n) is 8.46. The van der Waals surface area contributed by atoms with Crippen LogP contribution in [0.1, 0.15) is 63.5 Å². The molecule has 1 aromatic carbocycles. The van der Waals surface area contributed by atoms with E-state index < -0.39 is 0 Å². The fraction of sp³-hybridized carbons (Fsp3) is 0.684. The van der Waals surface area contributed by atoms with Gasteiger partial charge >= 0.3 is 0 Å². The van der Waals surface area contributed by atoms with Gasteiger partial charge in [-0.15, -0.1) is 0 Å². The Balaban J connectivity index is 2.05. The van der Waals surface area contributed by atoms with E-state index in [-0.39, 0.29) is 0 Å². The minimum absolute atomic E-state index is 0.451. The third kappa shape index (κ3) is 4.63. The van der Waals surface area contributed by atoms with Crippen molar-refractivity contribution in [1.29, 1.82) is 0 Å². The molecule has 1 saturated carbocycles. The molecule has 20 heavy (non-hydrogen) atoms. The molecule has 1 N–H and O–H groups in total. The van der Waals surface area contributed by atoms with Gasteiger partial charge in [0.05, 0.1) is 0 Å². The lowest BCUT2D eigenvalue weighted by Gasteiger charge is -2.34. The summed E-state index contributed by atoms with van der Waals surface area (Å²) in [6.07, 6.45) is 9.29. The molecule has 1 unspecified atom stereocenters. The highest BCUT2D eigenvalue weighted by molar-refractivity contribution is 5.23. The van der Waals surface area contributed by atoms with Crippen LogP contribution < -0.4 is 5.32 Å². The second-order valence-electron chi connectivity index (χ2n) is 6.78. The van der Waals surface area contributed by atoms with Crippen LogP contribution in [0.3, 0.4) is 0 Å². The molecule has 0 spiro atoms. The third-order valence-corrected chi connectivity index (χ3v) is 4.82. The molecular weight excluding hydrogens is 242 g/mol. The zero-order valence-corrected chi connectivity index (χ0v) is 13.5. The first-order chi connectivity index (χ1) is 9.67. The van der Waals surface area contributed by atoms with Crippen LogP contribution in [0, 0.1) is 12.3 Å². The van der Waals surface area contributed by atoms with E-state index in [1.807, 2.05) is 0 Å². The molecule has 112 valence electrons. The second-order valence-corrected chi connectivity index (χ2v) is 6.78. The summed E-state index contributed by atoms with van der Waals surface area (Å²) in [5.74, 6) is 0. The normalized spacial score (nSPS) is 17.9. The van der Waals surface area contributed by atoms with Gasteiger partial charge in [-0.3, -0.25) is 0 Å². The van der Waals surface area contributed by atoms with Crippen molar-refractivity contribution >= 4 is 0 Å². The molecule has 1 aromatic rings. The summed E-state index contributed by atoms with van der Waals surface area (Å²) in [6, 6.07) is 9.90. The molecule has 0 bridgehead atoms. The number of unbranched alkanes of at least 4 members (excludes halogenated alkanes) is 1. The van der Waals surface area contributed by atoms with Crippen LogP contribution in [-0.4, -0.2) is 12.6 Å². The summed E-state index contributed by atoms with van der Waals surface area (Å²) in [5.41, 5.74) is 3.35. The molecule has 1 fully saturated rings. The van der Waals surface area contributed by atoms with E-state index >= 15 is 0 Å². The Morgan fingerprint density at radius 1 is 1.25 bits per heavy atom. The molecule has 1 aliphatic carbocycles. The number of nitrogens with one attached hydrogen (secondary N) is 1. The maximum atomic E-state index is 3.79. The van der Waals surface area contributed by atoms with Gasteiger partial charge in [0.1, 0.15) is 0 Å². The lowest BCUT2D eigenvalue weighted by atomic mass is 9.75. The summed E-state index contributed by atoms with van der Waals surface area (Å²) in [6.45, 7) is 8.08. The van der Waals surface area contributed by atoms with Crippen LogP contribution in [0.25, 0.3) is 0 Å². The Hall–Kier alpha value is -0.820. The molecule has 1 nitrogen and oxygen atoms in total. The van der Waals surface area contributed by atoms with E-state index in [4.69, 9.17) is 0 Å². The van der Waals surface area contributed by atoms with Crippen LogP contribution in [0.2, 0.25) is 0 Å². The van der Waals surface area contributed by atoms with Crippen molar-refractivity contribution in [2.75, 3.05) is 6.54 Å². The van der Waals surface area contributed by atoms with Gasteiger partial charge in [0.15, 0.2) is 0 Å². The molecule has 0 amide bonds. The van der Waals surface area contributed by atoms with E-state index in [2.05, 4.69) is 50.4 Å². The molecule has 1 atom stereocenters. The predicted molar refractivity (Wildman–Crippen MR) is 88.2 cm³/mol. The van der Waals surface area contributed by atoms with Crippen molar-refractivity contribution in [3.63, 3.8) is 0 Å². The second kappa shape index (κ2) is 7.26. The molecule has 1 heteroatoms. The third-order valence-electron chi connectivity index (χ3n) is 4.82. The Morgan fingerprint density at radius 3 is 2.65 bits per heavy atom. The monoisotopic (exact) mass is 273 g/mol. The van der Waals surface area contributed by atoms with Crippen molar-refractivity contribution in [2.24, 2.45) is 5.41 Å². The van der Waals surface area contributed by atoms with E-state index in [0.717, 1.165) is 6.04 Å². The number of hydrogen-bond acceptors (Lipinski definition) is 1. The fourth-order valence-corrected chi connectivity index (χ4v) is 3.12. The van der Waals surface area contributed by atoms with Crippen LogP contribution >= 0.6 is 0 Å². The van der Waals surface area contributed by atoms with Crippen LogP contribution in [0.4, 0.5) is 0 Å². The van der Waals surface area contributed by atoms with Crippen LogP contribution in [0.15, 0.2) is 24.3 Å². The number of benzene rings is 1. The smallest absolute Gasteiger partial charge is 0.00684 e. The lowest BCUT2D eigenvalue weighted by molar-refractivity contribution is 0.228. The predicted octanol–water partition coefficient (Wildman–Crippen LogP) is 4.88. The molecule has 0 heterocycles. The maximum absolute atomic E-state index is 3.79. The molecule has 0 aliphatic heterocycles. The largest absolute Gasteiger partial charge is 0.313 e. The highest BCUT2D eigenvalue weighted by Crippen LogP contribution is 2.34. The van der Waals surface area contributed by atoms with E-state index in [1.165, 1.54) is 62.6 Å². The summed E-state index contributed by atoms with van der Waals surface area (Å²) in [5, 5.41) is 3.79. The number of hydrogen-bond donors (Lipinski definition) is 1. The zero-order valence-electron chi connectivity index (χ0n) is 13.5.